The van der Waals surface area contributed by atoms with E-state index < -0.39 is 10.0 Å². The summed E-state index contributed by atoms with van der Waals surface area (Å²) in [5, 5.41) is 3.31. The van der Waals surface area contributed by atoms with E-state index in [0.717, 1.165) is 0 Å². The highest BCUT2D eigenvalue weighted by atomic mass is 32.2. The van der Waals surface area contributed by atoms with Crippen molar-refractivity contribution in [1.29, 1.82) is 0 Å². The number of rotatable bonds is 8. The fourth-order valence-corrected chi connectivity index (χ4v) is 3.43. The van der Waals surface area contributed by atoms with Crippen LogP contribution >= 0.6 is 0 Å². The Hall–Kier alpha value is -0.950. The molecule has 1 aliphatic carbocycles. The van der Waals surface area contributed by atoms with E-state index in [1.807, 2.05) is 26.0 Å². The number of nitrogens with one attached hydrogen (secondary N) is 2. The van der Waals surface area contributed by atoms with Gasteiger partial charge in [-0.25, -0.2) is 13.1 Å². The van der Waals surface area contributed by atoms with Gasteiger partial charge in [0.05, 0.1) is 4.91 Å². The quantitative estimate of drug-likeness (QED) is 0.631. The van der Waals surface area contributed by atoms with E-state index in [9.17, 15) is 8.42 Å². The average molecular weight is 327 g/mol. The zero-order valence-electron chi connectivity index (χ0n) is 13.9. The van der Waals surface area contributed by atoms with Crippen molar-refractivity contribution in [2.24, 2.45) is 17.6 Å². The highest BCUT2D eigenvalue weighted by molar-refractivity contribution is 7.93. The van der Waals surface area contributed by atoms with E-state index in [-0.39, 0.29) is 18.0 Å². The molecule has 4 N–H and O–H groups in total. The van der Waals surface area contributed by atoms with E-state index in [1.54, 1.807) is 18.2 Å². The maximum Gasteiger partial charge on any atom is 0.240 e. The molecule has 0 spiro atoms. The minimum absolute atomic E-state index is 0.188. The Bertz CT molecular complexity index is 536. The van der Waals surface area contributed by atoms with Gasteiger partial charge in [-0.2, -0.15) is 0 Å². The van der Waals surface area contributed by atoms with Crippen LogP contribution in [0.5, 0.6) is 0 Å². The summed E-state index contributed by atoms with van der Waals surface area (Å²) >= 11 is 0. The molecule has 3 atom stereocenters. The largest absolute Gasteiger partial charge is 0.329 e. The smallest absolute Gasteiger partial charge is 0.240 e. The molecule has 6 heteroatoms. The predicted octanol–water partition coefficient (Wildman–Crippen LogP) is 1.51. The van der Waals surface area contributed by atoms with Gasteiger partial charge in [-0.15, -0.1) is 0 Å². The Balaban J connectivity index is 2.63. The number of nitrogens with two attached hydrogens (primary N) is 1. The number of allylic oxidation sites excluding steroid dienone is 5. The molecule has 0 aliphatic heterocycles. The first-order chi connectivity index (χ1) is 10.3. The first-order valence-electron chi connectivity index (χ1n) is 7.78. The first kappa shape index (κ1) is 19.1. The Morgan fingerprint density at radius 1 is 1.27 bits per heavy atom. The van der Waals surface area contributed by atoms with Crippen molar-refractivity contribution < 1.29 is 8.42 Å². The number of hydrogen-bond acceptors (Lipinski definition) is 4. The number of hydrogen-bond donors (Lipinski definition) is 3. The minimum atomic E-state index is -3.50. The lowest BCUT2D eigenvalue weighted by Gasteiger charge is -2.23. The van der Waals surface area contributed by atoms with Crippen LogP contribution in [-0.2, 0) is 10.0 Å². The molecule has 0 radical (unpaired) electrons. The van der Waals surface area contributed by atoms with Crippen molar-refractivity contribution in [3.05, 3.63) is 35.3 Å². The van der Waals surface area contributed by atoms with Crippen molar-refractivity contribution in [2.75, 3.05) is 13.1 Å². The second-order valence-corrected chi connectivity index (χ2v) is 7.90. The highest BCUT2D eigenvalue weighted by Gasteiger charge is 2.20. The van der Waals surface area contributed by atoms with Gasteiger partial charge in [0.1, 0.15) is 0 Å². The Kier molecular flexibility index (Phi) is 7.48. The third kappa shape index (κ3) is 6.04. The van der Waals surface area contributed by atoms with Crippen LogP contribution in [0, 0.1) is 11.8 Å². The second-order valence-electron chi connectivity index (χ2n) is 6.19. The number of sulfonamides is 1. The summed E-state index contributed by atoms with van der Waals surface area (Å²) in [7, 11) is -3.50. The zero-order chi connectivity index (χ0) is 16.8. The van der Waals surface area contributed by atoms with Gasteiger partial charge in [-0.3, -0.25) is 0 Å². The highest BCUT2D eigenvalue weighted by Crippen LogP contribution is 2.14. The van der Waals surface area contributed by atoms with E-state index in [1.165, 1.54) is 0 Å². The predicted molar refractivity (Wildman–Crippen MR) is 92.7 cm³/mol. The van der Waals surface area contributed by atoms with Crippen molar-refractivity contribution in [3.8, 4) is 0 Å². The molecule has 5 nitrogen and oxygen atoms in total. The molecule has 0 aromatic heterocycles. The second kappa shape index (κ2) is 8.62. The van der Waals surface area contributed by atoms with Gasteiger partial charge >= 0.3 is 0 Å². The summed E-state index contributed by atoms with van der Waals surface area (Å²) in [5.41, 5.74) is 5.71. The maximum atomic E-state index is 12.4. The van der Waals surface area contributed by atoms with Crippen LogP contribution in [-0.4, -0.2) is 33.6 Å². The van der Waals surface area contributed by atoms with Gasteiger partial charge in [-0.05, 0) is 30.9 Å². The Morgan fingerprint density at radius 3 is 2.55 bits per heavy atom. The zero-order valence-corrected chi connectivity index (χ0v) is 14.7. The van der Waals surface area contributed by atoms with Crippen LogP contribution in [0.4, 0.5) is 0 Å². The lowest BCUT2D eigenvalue weighted by atomic mass is 10.0. The minimum Gasteiger partial charge on any atom is -0.329 e. The Morgan fingerprint density at radius 2 is 1.95 bits per heavy atom. The van der Waals surface area contributed by atoms with Crippen molar-refractivity contribution in [2.45, 2.75) is 39.8 Å². The van der Waals surface area contributed by atoms with Gasteiger partial charge in [0, 0.05) is 25.2 Å². The van der Waals surface area contributed by atoms with Crippen LogP contribution in [0.1, 0.15) is 27.7 Å². The SMILES string of the molecule is CC1C=CC=C(S(=O)(=O)NC(C)CNC(CN)C(C)C)C=C1. The summed E-state index contributed by atoms with van der Waals surface area (Å²) in [6, 6.07) is -0.0236. The monoisotopic (exact) mass is 327 g/mol. The molecular formula is C16H29N3O2S. The summed E-state index contributed by atoms with van der Waals surface area (Å²) < 4.78 is 27.5. The lowest BCUT2D eigenvalue weighted by Crippen LogP contribution is -2.47. The standard InChI is InChI=1S/C16H29N3O2S/c1-12(2)16(10-17)18-11-14(4)19-22(20,21)15-7-5-6-13(3)8-9-15/h5-9,12-14,16,18-19H,10-11,17H2,1-4H3. The van der Waals surface area contributed by atoms with Gasteiger partial charge < -0.3 is 11.1 Å². The van der Waals surface area contributed by atoms with Crippen LogP contribution in [0.15, 0.2) is 35.3 Å². The fourth-order valence-electron chi connectivity index (χ4n) is 2.17. The summed E-state index contributed by atoms with van der Waals surface area (Å²) in [4.78, 5) is 0.291. The first-order valence-corrected chi connectivity index (χ1v) is 9.27. The molecule has 0 aromatic carbocycles. The van der Waals surface area contributed by atoms with Crippen LogP contribution in [0.3, 0.4) is 0 Å². The van der Waals surface area contributed by atoms with Crippen molar-refractivity contribution in [1.82, 2.24) is 10.0 Å². The third-order valence-electron chi connectivity index (χ3n) is 3.65. The molecule has 0 saturated carbocycles. The molecule has 3 unspecified atom stereocenters. The van der Waals surface area contributed by atoms with Crippen LogP contribution in [0.25, 0.3) is 0 Å². The fraction of sp³-hybridized carbons (Fsp3) is 0.625. The Labute approximate surface area is 134 Å². The molecule has 1 rings (SSSR count). The normalized spacial score (nSPS) is 21.5. The summed E-state index contributed by atoms with van der Waals surface area (Å²) in [6.45, 7) is 9.12. The molecular weight excluding hydrogens is 298 g/mol. The average Bonchev–Trinajstić information content (AvgIpc) is 2.63. The van der Waals surface area contributed by atoms with Gasteiger partial charge in [0.2, 0.25) is 10.0 Å². The molecule has 0 bridgehead atoms. The van der Waals surface area contributed by atoms with E-state index in [0.29, 0.717) is 23.9 Å². The molecule has 0 aromatic rings. The third-order valence-corrected chi connectivity index (χ3v) is 5.26. The molecule has 0 saturated heterocycles. The van der Waals surface area contributed by atoms with Gasteiger partial charge in [0.25, 0.3) is 0 Å². The van der Waals surface area contributed by atoms with Crippen molar-refractivity contribution >= 4 is 10.0 Å². The molecule has 126 valence electrons. The molecule has 1 aliphatic rings. The maximum absolute atomic E-state index is 12.4. The van der Waals surface area contributed by atoms with E-state index in [2.05, 4.69) is 23.9 Å². The van der Waals surface area contributed by atoms with E-state index in [4.69, 9.17) is 5.73 Å². The van der Waals surface area contributed by atoms with Crippen molar-refractivity contribution in [3.63, 3.8) is 0 Å². The molecule has 0 amide bonds. The van der Waals surface area contributed by atoms with Gasteiger partial charge in [0.15, 0.2) is 0 Å². The molecule has 22 heavy (non-hydrogen) atoms. The topological polar surface area (TPSA) is 84.2 Å². The molecule has 0 fully saturated rings. The lowest BCUT2D eigenvalue weighted by molar-refractivity contribution is 0.391. The summed E-state index contributed by atoms with van der Waals surface area (Å²) in [6.07, 6.45) is 8.90. The van der Waals surface area contributed by atoms with E-state index >= 15 is 0 Å². The summed E-state index contributed by atoms with van der Waals surface area (Å²) in [5.74, 6) is 0.646. The van der Waals surface area contributed by atoms with Gasteiger partial charge in [-0.1, -0.05) is 39.0 Å². The van der Waals surface area contributed by atoms with Crippen LogP contribution < -0.4 is 15.8 Å². The molecule has 0 heterocycles. The van der Waals surface area contributed by atoms with Crippen LogP contribution in [0.2, 0.25) is 0 Å².